The lowest BCUT2D eigenvalue weighted by Gasteiger charge is -2.12. The number of thioether (sulfide) groups is 1. The van der Waals surface area contributed by atoms with Crippen LogP contribution in [-0.4, -0.2) is 25.4 Å². The van der Waals surface area contributed by atoms with Gasteiger partial charge in [-0.1, -0.05) is 12.1 Å². The van der Waals surface area contributed by atoms with Crippen LogP contribution in [0.15, 0.2) is 41.3 Å². The average Bonchev–Trinajstić information content (AvgIpc) is 3.13. The lowest BCUT2D eigenvalue weighted by Crippen LogP contribution is -2.24. The predicted molar refractivity (Wildman–Crippen MR) is 105 cm³/mol. The Hall–Kier alpha value is -2.14. The summed E-state index contributed by atoms with van der Waals surface area (Å²) in [5, 5.41) is 2.97. The van der Waals surface area contributed by atoms with Crippen LogP contribution in [0, 0.1) is 0 Å². The second-order valence-corrected chi connectivity index (χ2v) is 7.32. The van der Waals surface area contributed by atoms with E-state index >= 15 is 0 Å². The van der Waals surface area contributed by atoms with Crippen molar-refractivity contribution in [2.45, 2.75) is 37.6 Å². The molecule has 0 radical (unpaired) electrons. The van der Waals surface area contributed by atoms with Crippen molar-refractivity contribution >= 4 is 17.7 Å². The summed E-state index contributed by atoms with van der Waals surface area (Å²) in [7, 11) is 1.62. The average molecular weight is 372 g/mol. The van der Waals surface area contributed by atoms with Gasteiger partial charge in [0.1, 0.15) is 0 Å². The Labute approximate surface area is 159 Å². The number of carbonyl (C=O) groups is 1. The lowest BCUT2D eigenvalue weighted by atomic mass is 10.1. The van der Waals surface area contributed by atoms with Crippen molar-refractivity contribution in [2.75, 3.05) is 19.5 Å². The maximum absolute atomic E-state index is 12.2. The van der Waals surface area contributed by atoms with Gasteiger partial charge in [-0.3, -0.25) is 4.79 Å². The molecule has 4 nitrogen and oxygen atoms in total. The first kappa shape index (κ1) is 18.6. The normalized spacial score (nSPS) is 12.5. The van der Waals surface area contributed by atoms with Gasteiger partial charge in [0, 0.05) is 11.4 Å². The molecule has 1 aliphatic rings. The summed E-state index contributed by atoms with van der Waals surface area (Å²) in [4.78, 5) is 13.3. The molecule has 0 spiro atoms. The molecule has 3 rings (SSSR count). The number of hydrogen-bond acceptors (Lipinski definition) is 4. The summed E-state index contributed by atoms with van der Waals surface area (Å²) in [5.41, 5.74) is 3.89. The van der Waals surface area contributed by atoms with Crippen LogP contribution in [0.4, 0.5) is 0 Å². The maximum atomic E-state index is 12.2. The first-order valence-corrected chi connectivity index (χ1v) is 9.99. The van der Waals surface area contributed by atoms with Gasteiger partial charge in [-0.15, -0.1) is 11.8 Å². The van der Waals surface area contributed by atoms with Crippen LogP contribution in [0.1, 0.15) is 30.0 Å². The monoisotopic (exact) mass is 371 g/mol. The highest BCUT2D eigenvalue weighted by atomic mass is 32.2. The number of nitrogens with one attached hydrogen (secondary N) is 1. The Kier molecular flexibility index (Phi) is 6.45. The highest BCUT2D eigenvalue weighted by molar-refractivity contribution is 8.00. The smallest absolute Gasteiger partial charge is 0.230 e. The highest BCUT2D eigenvalue weighted by Crippen LogP contribution is 2.29. The third-order valence-electron chi connectivity index (χ3n) is 4.46. The molecule has 0 bridgehead atoms. The number of hydrogen-bond donors (Lipinski definition) is 1. The predicted octanol–water partition coefficient (Wildman–Crippen LogP) is 3.99. The van der Waals surface area contributed by atoms with Crippen LogP contribution in [0.25, 0.3) is 0 Å². The van der Waals surface area contributed by atoms with Gasteiger partial charge in [0.2, 0.25) is 5.91 Å². The second kappa shape index (κ2) is 8.99. The molecule has 1 amide bonds. The molecule has 0 aliphatic heterocycles. The Morgan fingerprint density at radius 3 is 2.77 bits per heavy atom. The molecule has 26 heavy (non-hydrogen) atoms. The minimum absolute atomic E-state index is 0.0317. The number of fused-ring (bicyclic) bond motifs is 1. The molecule has 0 fully saturated rings. The summed E-state index contributed by atoms with van der Waals surface area (Å²) >= 11 is 1.59. The highest BCUT2D eigenvalue weighted by Gasteiger charge is 2.12. The molecule has 2 aromatic rings. The van der Waals surface area contributed by atoms with Crippen LogP contribution in [0.5, 0.6) is 11.5 Å². The van der Waals surface area contributed by atoms with Crippen molar-refractivity contribution in [1.29, 1.82) is 0 Å². The standard InChI is InChI=1S/C21H25NO3S/c1-3-25-20-11-15(7-10-19(20)24-2)13-22-21(23)14-26-18-9-8-16-5-4-6-17(16)12-18/h7-12H,3-6,13-14H2,1-2H3,(H,22,23). The van der Waals surface area contributed by atoms with E-state index in [9.17, 15) is 4.79 Å². The van der Waals surface area contributed by atoms with E-state index in [4.69, 9.17) is 9.47 Å². The molecule has 0 atom stereocenters. The van der Waals surface area contributed by atoms with Crippen molar-refractivity contribution < 1.29 is 14.3 Å². The van der Waals surface area contributed by atoms with E-state index in [0.717, 1.165) is 12.0 Å². The minimum Gasteiger partial charge on any atom is -0.493 e. The fraction of sp³-hybridized carbons (Fsp3) is 0.381. The third kappa shape index (κ3) is 4.73. The van der Waals surface area contributed by atoms with Crippen LogP contribution in [0.3, 0.4) is 0 Å². The zero-order valence-electron chi connectivity index (χ0n) is 15.3. The number of amides is 1. The molecule has 0 heterocycles. The van der Waals surface area contributed by atoms with Crippen molar-refractivity contribution in [3.05, 3.63) is 53.1 Å². The number of benzene rings is 2. The van der Waals surface area contributed by atoms with E-state index < -0.39 is 0 Å². The molecule has 2 aromatic carbocycles. The molecular weight excluding hydrogens is 346 g/mol. The zero-order valence-corrected chi connectivity index (χ0v) is 16.2. The van der Waals surface area contributed by atoms with Gasteiger partial charge in [0.15, 0.2) is 11.5 Å². The van der Waals surface area contributed by atoms with Crippen LogP contribution >= 0.6 is 11.8 Å². The van der Waals surface area contributed by atoms with Gasteiger partial charge in [0.05, 0.1) is 19.5 Å². The van der Waals surface area contributed by atoms with Gasteiger partial charge < -0.3 is 14.8 Å². The summed E-state index contributed by atoms with van der Waals surface area (Å²) in [5.74, 6) is 1.86. The number of ether oxygens (including phenoxy) is 2. The van der Waals surface area contributed by atoms with E-state index in [0.29, 0.717) is 30.4 Å². The minimum atomic E-state index is 0.0317. The number of aryl methyl sites for hydroxylation is 2. The molecular formula is C21H25NO3S. The summed E-state index contributed by atoms with van der Waals surface area (Å²) < 4.78 is 10.9. The fourth-order valence-corrected chi connectivity index (χ4v) is 3.93. The Bertz CT molecular complexity index is 776. The van der Waals surface area contributed by atoms with Crippen LogP contribution < -0.4 is 14.8 Å². The van der Waals surface area contributed by atoms with E-state index in [1.54, 1.807) is 18.9 Å². The number of methoxy groups -OCH3 is 1. The first-order chi connectivity index (χ1) is 12.7. The molecule has 0 saturated heterocycles. The molecule has 1 aliphatic carbocycles. The Morgan fingerprint density at radius 2 is 1.96 bits per heavy atom. The van der Waals surface area contributed by atoms with Gasteiger partial charge in [-0.05, 0) is 67.1 Å². The summed E-state index contributed by atoms with van der Waals surface area (Å²) in [6.45, 7) is 2.99. The lowest BCUT2D eigenvalue weighted by molar-refractivity contribution is -0.118. The Balaban J connectivity index is 1.50. The molecule has 5 heteroatoms. The number of rotatable bonds is 8. The van der Waals surface area contributed by atoms with Gasteiger partial charge in [-0.2, -0.15) is 0 Å². The van der Waals surface area contributed by atoms with Crippen molar-refractivity contribution in [3.63, 3.8) is 0 Å². The van der Waals surface area contributed by atoms with Gasteiger partial charge >= 0.3 is 0 Å². The quantitative estimate of drug-likeness (QED) is 0.713. The second-order valence-electron chi connectivity index (χ2n) is 6.27. The van der Waals surface area contributed by atoms with Gasteiger partial charge in [-0.25, -0.2) is 0 Å². The molecule has 0 aromatic heterocycles. The van der Waals surface area contributed by atoms with E-state index in [1.165, 1.54) is 28.9 Å². The van der Waals surface area contributed by atoms with Crippen LogP contribution in [0.2, 0.25) is 0 Å². The summed E-state index contributed by atoms with van der Waals surface area (Å²) in [6, 6.07) is 12.3. The number of carbonyl (C=O) groups excluding carboxylic acids is 1. The van der Waals surface area contributed by atoms with E-state index in [2.05, 4.69) is 23.5 Å². The zero-order chi connectivity index (χ0) is 18.4. The van der Waals surface area contributed by atoms with Crippen molar-refractivity contribution in [3.8, 4) is 11.5 Å². The third-order valence-corrected chi connectivity index (χ3v) is 5.45. The molecule has 1 N–H and O–H groups in total. The van der Waals surface area contributed by atoms with E-state index in [-0.39, 0.29) is 5.91 Å². The Morgan fingerprint density at radius 1 is 1.12 bits per heavy atom. The fourth-order valence-electron chi connectivity index (χ4n) is 3.14. The van der Waals surface area contributed by atoms with Crippen molar-refractivity contribution in [2.24, 2.45) is 0 Å². The van der Waals surface area contributed by atoms with Crippen LogP contribution in [-0.2, 0) is 24.2 Å². The van der Waals surface area contributed by atoms with Gasteiger partial charge in [0.25, 0.3) is 0 Å². The topological polar surface area (TPSA) is 47.6 Å². The SMILES string of the molecule is CCOc1cc(CNC(=O)CSc2ccc3c(c2)CCC3)ccc1OC. The molecule has 0 saturated carbocycles. The van der Waals surface area contributed by atoms with E-state index in [1.807, 2.05) is 25.1 Å². The first-order valence-electron chi connectivity index (χ1n) is 9.00. The largest absolute Gasteiger partial charge is 0.493 e. The van der Waals surface area contributed by atoms with Crippen molar-refractivity contribution in [1.82, 2.24) is 5.32 Å². The molecule has 0 unspecified atom stereocenters. The molecule has 138 valence electrons. The maximum Gasteiger partial charge on any atom is 0.230 e. The summed E-state index contributed by atoms with van der Waals surface area (Å²) in [6.07, 6.45) is 3.59.